The van der Waals surface area contributed by atoms with E-state index in [0.29, 0.717) is 17.7 Å². The third kappa shape index (κ3) is 2.75. The highest BCUT2D eigenvalue weighted by molar-refractivity contribution is 7.89. The molecule has 3 aliphatic rings. The quantitative estimate of drug-likeness (QED) is 0.823. The van der Waals surface area contributed by atoms with E-state index < -0.39 is 15.9 Å². The van der Waals surface area contributed by atoms with Crippen molar-refractivity contribution in [3.05, 3.63) is 35.4 Å². The Balaban J connectivity index is 1.53. The Bertz CT molecular complexity index is 752. The van der Waals surface area contributed by atoms with Crippen molar-refractivity contribution in [3.8, 4) is 0 Å². The number of amides is 1. The van der Waals surface area contributed by atoms with E-state index in [4.69, 9.17) is 4.74 Å². The fraction of sp³-hybridized carbons (Fsp3) is 0.611. The highest BCUT2D eigenvalue weighted by Gasteiger charge is 2.44. The molecule has 4 rings (SSSR count). The van der Waals surface area contributed by atoms with Gasteiger partial charge in [-0.3, -0.25) is 4.79 Å². The molecule has 2 heterocycles. The second-order valence-corrected chi connectivity index (χ2v) is 9.34. The minimum Gasteiger partial charge on any atom is -0.376 e. The summed E-state index contributed by atoms with van der Waals surface area (Å²) in [4.78, 5) is 12.7. The molecule has 0 aromatic heterocycles. The number of rotatable bonds is 2. The molecular formula is C18H23NO4S. The average molecular weight is 349 g/mol. The number of hydrogen-bond acceptors (Lipinski definition) is 4. The average Bonchev–Trinajstić information content (AvgIpc) is 2.94. The highest BCUT2D eigenvalue weighted by Crippen LogP contribution is 2.45. The Morgan fingerprint density at radius 3 is 2.71 bits per heavy atom. The van der Waals surface area contributed by atoms with Crippen LogP contribution in [0.5, 0.6) is 0 Å². The normalized spacial score (nSPS) is 28.1. The molecule has 1 amide bonds. The van der Waals surface area contributed by atoms with Gasteiger partial charge in [0.2, 0.25) is 10.0 Å². The van der Waals surface area contributed by atoms with Gasteiger partial charge in [-0.05, 0) is 36.3 Å². The van der Waals surface area contributed by atoms with Crippen molar-refractivity contribution in [2.24, 2.45) is 5.41 Å². The van der Waals surface area contributed by atoms with Gasteiger partial charge < -0.3 is 4.74 Å². The first-order chi connectivity index (χ1) is 11.5. The van der Waals surface area contributed by atoms with E-state index in [2.05, 4.69) is 0 Å². The summed E-state index contributed by atoms with van der Waals surface area (Å²) in [5, 5.41) is 0. The van der Waals surface area contributed by atoms with Gasteiger partial charge in [0.15, 0.2) is 0 Å². The summed E-state index contributed by atoms with van der Waals surface area (Å²) in [6, 6.07) is 6.96. The van der Waals surface area contributed by atoms with Crippen LogP contribution in [0, 0.1) is 5.41 Å². The molecule has 24 heavy (non-hydrogen) atoms. The van der Waals surface area contributed by atoms with Gasteiger partial charge in [-0.1, -0.05) is 37.5 Å². The molecule has 0 bridgehead atoms. The molecular weight excluding hydrogens is 326 g/mol. The highest BCUT2D eigenvalue weighted by atomic mass is 32.2. The zero-order chi connectivity index (χ0) is 16.8. The fourth-order valence-corrected chi connectivity index (χ4v) is 5.98. The second-order valence-electron chi connectivity index (χ2n) is 7.45. The number of fused-ring (bicyclic) bond motifs is 1. The van der Waals surface area contributed by atoms with Crippen LogP contribution in [0.2, 0.25) is 0 Å². The monoisotopic (exact) mass is 349 g/mol. The van der Waals surface area contributed by atoms with Crippen LogP contribution in [0.4, 0.5) is 0 Å². The van der Waals surface area contributed by atoms with Crippen LogP contribution in [-0.2, 0) is 20.5 Å². The number of nitrogens with zero attached hydrogens (tertiary/aromatic N) is 1. The lowest BCUT2D eigenvalue weighted by Crippen LogP contribution is -2.45. The van der Waals surface area contributed by atoms with Gasteiger partial charge in [0.1, 0.15) is 0 Å². The maximum Gasteiger partial charge on any atom is 0.267 e. The Morgan fingerprint density at radius 1 is 1.17 bits per heavy atom. The molecule has 6 heteroatoms. The van der Waals surface area contributed by atoms with E-state index in [0.717, 1.165) is 23.6 Å². The van der Waals surface area contributed by atoms with Gasteiger partial charge in [-0.15, -0.1) is 0 Å². The van der Waals surface area contributed by atoms with Gasteiger partial charge in [0.05, 0.1) is 25.0 Å². The Hall–Kier alpha value is -1.40. The first-order valence-corrected chi connectivity index (χ1v) is 10.3. The van der Waals surface area contributed by atoms with Crippen LogP contribution >= 0.6 is 0 Å². The summed E-state index contributed by atoms with van der Waals surface area (Å²) in [6.45, 7) is 0.855. The van der Waals surface area contributed by atoms with E-state index in [1.54, 1.807) is 24.3 Å². The zero-order valence-electron chi connectivity index (χ0n) is 13.7. The number of benzene rings is 1. The predicted octanol–water partition coefficient (Wildman–Crippen LogP) is 2.71. The minimum absolute atomic E-state index is 0.104. The molecule has 2 fully saturated rings. The Morgan fingerprint density at radius 2 is 1.92 bits per heavy atom. The van der Waals surface area contributed by atoms with Crippen molar-refractivity contribution in [1.29, 1.82) is 0 Å². The summed E-state index contributed by atoms with van der Waals surface area (Å²) in [6.07, 6.45) is 6.75. The molecule has 0 N–H and O–H groups in total. The van der Waals surface area contributed by atoms with Gasteiger partial charge in [-0.2, -0.15) is 0 Å². The third-order valence-corrected chi connectivity index (χ3v) is 7.38. The molecule has 5 nitrogen and oxygen atoms in total. The lowest BCUT2D eigenvalue weighted by Gasteiger charge is -2.32. The first-order valence-electron chi connectivity index (χ1n) is 8.73. The van der Waals surface area contributed by atoms with E-state index >= 15 is 0 Å². The SMILES string of the molecule is O=C1c2ccccc2CS(=O)(=O)N1CC1CC2(CCCCC2)CO1. The lowest BCUT2D eigenvalue weighted by molar-refractivity contribution is 0.0627. The molecule has 1 atom stereocenters. The number of carbonyl (C=O) groups is 1. The summed E-state index contributed by atoms with van der Waals surface area (Å²) < 4.78 is 32.1. The van der Waals surface area contributed by atoms with E-state index in [9.17, 15) is 13.2 Å². The molecule has 1 spiro atoms. The smallest absolute Gasteiger partial charge is 0.267 e. The Kier molecular flexibility index (Phi) is 3.92. The van der Waals surface area contributed by atoms with Crippen LogP contribution in [0.3, 0.4) is 0 Å². The van der Waals surface area contributed by atoms with Crippen molar-refractivity contribution in [2.75, 3.05) is 13.2 Å². The molecule has 1 aliphatic carbocycles. The predicted molar refractivity (Wildman–Crippen MR) is 90.0 cm³/mol. The first kappa shape index (κ1) is 16.1. The van der Waals surface area contributed by atoms with Crippen LogP contribution < -0.4 is 0 Å². The summed E-state index contributed by atoms with van der Waals surface area (Å²) in [5.74, 6) is -0.516. The van der Waals surface area contributed by atoms with Crippen molar-refractivity contribution in [1.82, 2.24) is 4.31 Å². The van der Waals surface area contributed by atoms with Crippen molar-refractivity contribution in [2.45, 2.75) is 50.4 Å². The van der Waals surface area contributed by atoms with Crippen molar-refractivity contribution >= 4 is 15.9 Å². The Labute approximate surface area is 143 Å². The van der Waals surface area contributed by atoms with E-state index in [1.165, 1.54) is 19.3 Å². The van der Waals surface area contributed by atoms with Crippen LogP contribution in [0.1, 0.15) is 54.4 Å². The molecule has 0 radical (unpaired) electrons. The van der Waals surface area contributed by atoms with Crippen molar-refractivity contribution < 1.29 is 17.9 Å². The number of carbonyl (C=O) groups excluding carboxylic acids is 1. The van der Waals surface area contributed by atoms with Crippen LogP contribution in [0.25, 0.3) is 0 Å². The molecule has 2 aliphatic heterocycles. The van der Waals surface area contributed by atoms with Crippen LogP contribution in [0.15, 0.2) is 24.3 Å². The number of hydrogen-bond donors (Lipinski definition) is 0. The van der Waals surface area contributed by atoms with Crippen molar-refractivity contribution in [3.63, 3.8) is 0 Å². The third-order valence-electron chi connectivity index (χ3n) is 5.72. The van der Waals surface area contributed by atoms with Gasteiger partial charge in [-0.25, -0.2) is 12.7 Å². The number of sulfonamides is 1. The maximum atomic E-state index is 12.7. The summed E-state index contributed by atoms with van der Waals surface area (Å²) >= 11 is 0. The van der Waals surface area contributed by atoms with Gasteiger partial charge in [0, 0.05) is 5.56 Å². The fourth-order valence-electron chi connectivity index (χ4n) is 4.43. The summed E-state index contributed by atoms with van der Waals surface area (Å²) in [7, 11) is -3.61. The topological polar surface area (TPSA) is 63.7 Å². The summed E-state index contributed by atoms with van der Waals surface area (Å²) in [5.41, 5.74) is 1.30. The molecule has 1 saturated carbocycles. The number of ether oxygens (including phenoxy) is 1. The van der Waals surface area contributed by atoms with E-state index in [1.807, 2.05) is 0 Å². The molecule has 1 unspecified atom stereocenters. The standard InChI is InChI=1S/C18H23NO4S/c20-17-16-7-3-2-6-14(16)12-24(21,22)19(17)11-15-10-18(13-23-15)8-4-1-5-9-18/h2-3,6-7,15H,1,4-5,8-13H2. The van der Waals surface area contributed by atoms with Crippen LogP contribution in [-0.4, -0.2) is 37.9 Å². The van der Waals surface area contributed by atoms with Gasteiger partial charge in [0.25, 0.3) is 5.91 Å². The zero-order valence-corrected chi connectivity index (χ0v) is 14.6. The molecule has 130 valence electrons. The molecule has 1 aromatic carbocycles. The largest absolute Gasteiger partial charge is 0.376 e. The van der Waals surface area contributed by atoms with Gasteiger partial charge >= 0.3 is 0 Å². The minimum atomic E-state index is -3.61. The molecule has 1 saturated heterocycles. The maximum absolute atomic E-state index is 12.7. The molecule has 1 aromatic rings. The second kappa shape index (κ2) is 5.85. The lowest BCUT2D eigenvalue weighted by atomic mass is 9.73. The van der Waals surface area contributed by atoms with E-state index in [-0.39, 0.29) is 23.8 Å².